The highest BCUT2D eigenvalue weighted by molar-refractivity contribution is 6.35. The van der Waals surface area contributed by atoms with E-state index in [-0.39, 0.29) is 5.41 Å². The fourth-order valence-corrected chi connectivity index (χ4v) is 1.88. The monoisotopic (exact) mass is 252 g/mol. The van der Waals surface area contributed by atoms with Gasteiger partial charge in [0.05, 0.1) is 15.9 Å². The molecule has 0 atom stereocenters. The van der Waals surface area contributed by atoms with Gasteiger partial charge in [-0.3, -0.25) is 4.98 Å². The number of nitrogens with zero attached hydrogens (tertiary/aromatic N) is 1. The predicted molar refractivity (Wildman–Crippen MR) is 69.8 cm³/mol. The lowest BCUT2D eigenvalue weighted by Gasteiger charge is -2.19. The van der Waals surface area contributed by atoms with Gasteiger partial charge in [-0.2, -0.15) is 0 Å². The number of anilines is 1. The van der Waals surface area contributed by atoms with Crippen molar-refractivity contribution in [2.75, 3.05) is 5.73 Å². The van der Waals surface area contributed by atoms with Crippen LogP contribution in [0.25, 0.3) is 10.9 Å². The average Bonchev–Trinajstić information content (AvgIpc) is 2.21. The van der Waals surface area contributed by atoms with Crippen LogP contribution in [0.3, 0.4) is 0 Å². The van der Waals surface area contributed by atoms with Crippen molar-refractivity contribution in [1.29, 1.82) is 0 Å². The van der Waals surface area contributed by atoms with E-state index in [0.29, 0.717) is 21.6 Å². The smallest absolute Gasteiger partial charge is 0.134 e. The maximum absolute atomic E-state index is 13.7. The Morgan fingerprint density at radius 2 is 1.94 bits per heavy atom. The number of nitrogens with two attached hydrogens (primary N) is 1. The number of pyridine rings is 1. The second-order valence-corrected chi connectivity index (χ2v) is 5.51. The van der Waals surface area contributed by atoms with Crippen LogP contribution in [0.2, 0.25) is 5.02 Å². The summed E-state index contributed by atoms with van der Waals surface area (Å²) in [4.78, 5) is 4.42. The molecule has 90 valence electrons. The average molecular weight is 253 g/mol. The first kappa shape index (κ1) is 12.1. The third kappa shape index (κ3) is 2.07. The topological polar surface area (TPSA) is 38.9 Å². The standard InChI is InChI=1S/C13H14ClFN2/c1-13(2,3)10-6-9(16)11-8(15)5-4-7(14)12(11)17-10/h4-6H,1-3H3,(H2,16,17). The lowest BCUT2D eigenvalue weighted by atomic mass is 9.91. The Morgan fingerprint density at radius 1 is 1.29 bits per heavy atom. The molecule has 0 amide bonds. The quantitative estimate of drug-likeness (QED) is 0.772. The first-order valence-electron chi connectivity index (χ1n) is 5.35. The highest BCUT2D eigenvalue weighted by atomic mass is 35.5. The van der Waals surface area contributed by atoms with E-state index in [2.05, 4.69) is 4.98 Å². The second-order valence-electron chi connectivity index (χ2n) is 5.10. The van der Waals surface area contributed by atoms with Crippen molar-refractivity contribution in [3.05, 3.63) is 34.7 Å². The van der Waals surface area contributed by atoms with E-state index in [9.17, 15) is 4.39 Å². The molecular formula is C13H14ClFN2. The number of aromatic nitrogens is 1. The minimum Gasteiger partial charge on any atom is -0.398 e. The van der Waals surface area contributed by atoms with E-state index >= 15 is 0 Å². The van der Waals surface area contributed by atoms with E-state index in [1.54, 1.807) is 6.07 Å². The molecule has 0 spiro atoms. The van der Waals surface area contributed by atoms with Gasteiger partial charge in [0.2, 0.25) is 0 Å². The van der Waals surface area contributed by atoms with Gasteiger partial charge in [0, 0.05) is 16.8 Å². The number of fused-ring (bicyclic) bond motifs is 1. The minimum absolute atomic E-state index is 0.155. The SMILES string of the molecule is CC(C)(C)c1cc(N)c2c(F)ccc(Cl)c2n1. The first-order valence-corrected chi connectivity index (χ1v) is 5.73. The van der Waals surface area contributed by atoms with E-state index in [4.69, 9.17) is 17.3 Å². The zero-order chi connectivity index (χ0) is 12.8. The van der Waals surface area contributed by atoms with Crippen molar-refractivity contribution < 1.29 is 4.39 Å². The van der Waals surface area contributed by atoms with Crippen LogP contribution < -0.4 is 5.73 Å². The van der Waals surface area contributed by atoms with Crippen molar-refractivity contribution >= 4 is 28.2 Å². The Balaban J connectivity index is 2.87. The van der Waals surface area contributed by atoms with Gasteiger partial charge in [-0.05, 0) is 18.2 Å². The molecule has 2 aromatic rings. The number of halogens is 2. The summed E-state index contributed by atoms with van der Waals surface area (Å²) in [5, 5.41) is 0.713. The van der Waals surface area contributed by atoms with Crippen molar-refractivity contribution in [3.63, 3.8) is 0 Å². The molecule has 0 aliphatic carbocycles. The summed E-state index contributed by atoms with van der Waals surface area (Å²) in [7, 11) is 0. The summed E-state index contributed by atoms with van der Waals surface area (Å²) in [6.07, 6.45) is 0. The lowest BCUT2D eigenvalue weighted by Crippen LogP contribution is -2.14. The predicted octanol–water partition coefficient (Wildman–Crippen LogP) is 3.91. The minimum atomic E-state index is -0.394. The molecule has 17 heavy (non-hydrogen) atoms. The molecule has 2 N–H and O–H groups in total. The number of rotatable bonds is 0. The molecule has 0 radical (unpaired) electrons. The first-order chi connectivity index (χ1) is 7.80. The van der Waals surface area contributed by atoms with Gasteiger partial charge >= 0.3 is 0 Å². The Labute approximate surface area is 105 Å². The van der Waals surface area contributed by atoms with Crippen LogP contribution in [-0.2, 0) is 5.41 Å². The summed E-state index contributed by atoms with van der Waals surface area (Å²) in [5.74, 6) is -0.394. The molecule has 1 heterocycles. The van der Waals surface area contributed by atoms with Gasteiger partial charge in [-0.15, -0.1) is 0 Å². The third-order valence-corrected chi connectivity index (χ3v) is 2.96. The van der Waals surface area contributed by atoms with E-state index < -0.39 is 5.82 Å². The maximum atomic E-state index is 13.7. The van der Waals surface area contributed by atoms with Crippen LogP contribution in [0, 0.1) is 5.82 Å². The molecule has 1 aromatic carbocycles. The van der Waals surface area contributed by atoms with Crippen molar-refractivity contribution in [1.82, 2.24) is 4.98 Å². The highest BCUT2D eigenvalue weighted by Gasteiger charge is 2.19. The third-order valence-electron chi connectivity index (χ3n) is 2.66. The number of hydrogen-bond acceptors (Lipinski definition) is 2. The molecule has 1 aromatic heterocycles. The number of nitrogen functional groups attached to an aromatic ring is 1. The Hall–Kier alpha value is -1.35. The van der Waals surface area contributed by atoms with Crippen molar-refractivity contribution in [2.24, 2.45) is 0 Å². The summed E-state index contributed by atoms with van der Waals surface area (Å²) < 4.78 is 13.7. The zero-order valence-electron chi connectivity index (χ0n) is 10.0. The molecule has 4 heteroatoms. The molecule has 0 fully saturated rings. The van der Waals surface area contributed by atoms with Crippen LogP contribution in [0.5, 0.6) is 0 Å². The molecule has 0 saturated carbocycles. The van der Waals surface area contributed by atoms with E-state index in [0.717, 1.165) is 5.69 Å². The van der Waals surface area contributed by atoms with Gasteiger partial charge in [-0.1, -0.05) is 32.4 Å². The zero-order valence-corrected chi connectivity index (χ0v) is 10.8. The van der Waals surface area contributed by atoms with Crippen LogP contribution >= 0.6 is 11.6 Å². The lowest BCUT2D eigenvalue weighted by molar-refractivity contribution is 0.571. The Kier molecular flexibility index (Phi) is 2.74. The fourth-order valence-electron chi connectivity index (χ4n) is 1.68. The van der Waals surface area contributed by atoms with Crippen molar-refractivity contribution in [3.8, 4) is 0 Å². The van der Waals surface area contributed by atoms with Crippen LogP contribution in [-0.4, -0.2) is 4.98 Å². The van der Waals surface area contributed by atoms with Gasteiger partial charge in [0.15, 0.2) is 0 Å². The molecule has 0 aliphatic rings. The van der Waals surface area contributed by atoms with Crippen LogP contribution in [0.1, 0.15) is 26.5 Å². The molecule has 2 nitrogen and oxygen atoms in total. The number of benzene rings is 1. The van der Waals surface area contributed by atoms with Gasteiger partial charge in [-0.25, -0.2) is 4.39 Å². The molecule has 2 rings (SSSR count). The van der Waals surface area contributed by atoms with Crippen LogP contribution in [0.15, 0.2) is 18.2 Å². The fraction of sp³-hybridized carbons (Fsp3) is 0.308. The summed E-state index contributed by atoms with van der Waals surface area (Å²) in [6.45, 7) is 6.06. The summed E-state index contributed by atoms with van der Waals surface area (Å²) in [5.41, 5.74) is 7.33. The van der Waals surface area contributed by atoms with Gasteiger partial charge < -0.3 is 5.73 Å². The largest absolute Gasteiger partial charge is 0.398 e. The normalized spacial score (nSPS) is 12.1. The summed E-state index contributed by atoms with van der Waals surface area (Å²) >= 11 is 6.04. The molecule has 0 aliphatic heterocycles. The second kappa shape index (κ2) is 3.84. The van der Waals surface area contributed by atoms with Gasteiger partial charge in [0.1, 0.15) is 5.82 Å². The Morgan fingerprint density at radius 3 is 2.53 bits per heavy atom. The van der Waals surface area contributed by atoms with E-state index in [1.807, 2.05) is 20.8 Å². The number of hydrogen-bond donors (Lipinski definition) is 1. The van der Waals surface area contributed by atoms with Crippen LogP contribution in [0.4, 0.5) is 10.1 Å². The van der Waals surface area contributed by atoms with Gasteiger partial charge in [0.25, 0.3) is 0 Å². The summed E-state index contributed by atoms with van der Waals surface area (Å²) in [6, 6.07) is 4.51. The molecule has 0 bridgehead atoms. The van der Waals surface area contributed by atoms with E-state index in [1.165, 1.54) is 12.1 Å². The molecule has 0 unspecified atom stereocenters. The molecule has 0 saturated heterocycles. The highest BCUT2D eigenvalue weighted by Crippen LogP contribution is 2.32. The maximum Gasteiger partial charge on any atom is 0.134 e. The van der Waals surface area contributed by atoms with Crippen molar-refractivity contribution in [2.45, 2.75) is 26.2 Å². The Bertz CT molecular complexity index is 588. The molecular weight excluding hydrogens is 239 g/mol.